The molecular formula is C21H20ClFN4O3. The van der Waals surface area contributed by atoms with E-state index in [0.717, 1.165) is 30.2 Å². The second kappa shape index (κ2) is 8.31. The van der Waals surface area contributed by atoms with Crippen LogP contribution in [0.2, 0.25) is 5.02 Å². The molecule has 1 heterocycles. The van der Waals surface area contributed by atoms with Crippen molar-refractivity contribution in [3.8, 4) is 17.1 Å². The molecule has 0 unspecified atom stereocenters. The van der Waals surface area contributed by atoms with Gasteiger partial charge in [-0.1, -0.05) is 11.6 Å². The van der Waals surface area contributed by atoms with Gasteiger partial charge in [-0.2, -0.15) is 0 Å². The van der Waals surface area contributed by atoms with E-state index in [1.54, 1.807) is 11.7 Å². The topological polar surface area (TPSA) is 78.2 Å². The van der Waals surface area contributed by atoms with Crippen LogP contribution in [-0.4, -0.2) is 33.9 Å². The van der Waals surface area contributed by atoms with Gasteiger partial charge in [0.25, 0.3) is 5.91 Å². The summed E-state index contributed by atoms with van der Waals surface area (Å²) in [5.74, 6) is 0.364. The Labute approximate surface area is 177 Å². The second-order valence-corrected chi connectivity index (χ2v) is 7.45. The monoisotopic (exact) mass is 430 g/mol. The lowest BCUT2D eigenvalue weighted by molar-refractivity contribution is 0.0952. The highest BCUT2D eigenvalue weighted by Crippen LogP contribution is 2.36. The van der Waals surface area contributed by atoms with Crippen LogP contribution < -0.4 is 15.7 Å². The largest absolute Gasteiger partial charge is 0.497 e. The summed E-state index contributed by atoms with van der Waals surface area (Å²) < 4.78 is 21.4. The van der Waals surface area contributed by atoms with Gasteiger partial charge in [0.05, 0.1) is 24.2 Å². The summed E-state index contributed by atoms with van der Waals surface area (Å²) in [5.41, 5.74) is 0.783. The Kier molecular flexibility index (Phi) is 5.59. The van der Waals surface area contributed by atoms with Crippen molar-refractivity contribution in [3.05, 3.63) is 69.4 Å². The molecular weight excluding hydrogens is 411 g/mol. The van der Waals surface area contributed by atoms with Gasteiger partial charge >= 0.3 is 5.69 Å². The first-order valence-electron chi connectivity index (χ1n) is 9.55. The molecule has 0 spiro atoms. The molecule has 1 saturated carbocycles. The minimum absolute atomic E-state index is 0.0319. The van der Waals surface area contributed by atoms with Crippen LogP contribution in [0.4, 0.5) is 4.39 Å². The molecule has 1 N–H and O–H groups in total. The Balaban J connectivity index is 1.50. The number of amides is 1. The van der Waals surface area contributed by atoms with E-state index in [2.05, 4.69) is 10.4 Å². The van der Waals surface area contributed by atoms with Gasteiger partial charge in [0.15, 0.2) is 5.82 Å². The molecule has 4 rings (SSSR count). The van der Waals surface area contributed by atoms with Crippen molar-refractivity contribution >= 4 is 17.5 Å². The molecule has 0 aliphatic heterocycles. The molecule has 1 aliphatic rings. The van der Waals surface area contributed by atoms with Crippen LogP contribution in [0.15, 0.2) is 47.3 Å². The molecule has 0 bridgehead atoms. The molecule has 156 valence electrons. The summed E-state index contributed by atoms with van der Waals surface area (Å²) in [6.07, 6.45) is 1.88. The molecule has 1 aliphatic carbocycles. The zero-order valence-electron chi connectivity index (χ0n) is 16.3. The Hall–Kier alpha value is -3.13. The van der Waals surface area contributed by atoms with Gasteiger partial charge in [-0.25, -0.2) is 13.9 Å². The molecule has 30 heavy (non-hydrogen) atoms. The van der Waals surface area contributed by atoms with Crippen molar-refractivity contribution in [3.63, 3.8) is 0 Å². The Bertz CT molecular complexity index is 1140. The fourth-order valence-corrected chi connectivity index (χ4v) is 3.46. The minimum atomic E-state index is -0.514. The van der Waals surface area contributed by atoms with Gasteiger partial charge in [-0.3, -0.25) is 9.36 Å². The Morgan fingerprint density at radius 1 is 1.27 bits per heavy atom. The van der Waals surface area contributed by atoms with E-state index in [4.69, 9.17) is 16.3 Å². The van der Waals surface area contributed by atoms with Crippen LogP contribution in [0.25, 0.3) is 11.4 Å². The van der Waals surface area contributed by atoms with E-state index < -0.39 is 11.7 Å². The normalized spacial score (nSPS) is 13.3. The highest BCUT2D eigenvalue weighted by atomic mass is 35.5. The lowest BCUT2D eigenvalue weighted by Gasteiger charge is -2.06. The average molecular weight is 431 g/mol. The first-order valence-corrected chi connectivity index (χ1v) is 9.92. The first-order chi connectivity index (χ1) is 14.5. The third-order valence-electron chi connectivity index (χ3n) is 4.92. The number of hydrogen-bond acceptors (Lipinski definition) is 4. The quantitative estimate of drug-likeness (QED) is 0.624. The fourth-order valence-electron chi connectivity index (χ4n) is 3.21. The van der Waals surface area contributed by atoms with Crippen molar-refractivity contribution in [2.75, 3.05) is 13.7 Å². The number of halogens is 2. The molecule has 0 radical (unpaired) electrons. The highest BCUT2D eigenvalue weighted by Gasteiger charge is 2.30. The summed E-state index contributed by atoms with van der Waals surface area (Å²) in [6.45, 7) is 0.377. The molecule has 9 heteroatoms. The second-order valence-electron chi connectivity index (χ2n) is 7.04. The number of carbonyl (C=O) groups excluding carboxylic acids is 1. The number of ether oxygens (including phenoxy) is 1. The molecule has 2 aromatic carbocycles. The number of aromatic nitrogens is 3. The van der Waals surface area contributed by atoms with Crippen LogP contribution >= 0.6 is 11.6 Å². The van der Waals surface area contributed by atoms with E-state index in [-0.39, 0.29) is 35.4 Å². The van der Waals surface area contributed by atoms with Crippen LogP contribution in [0.5, 0.6) is 5.75 Å². The lowest BCUT2D eigenvalue weighted by atomic mass is 10.2. The maximum atomic E-state index is 13.1. The molecule has 1 fully saturated rings. The number of nitrogens with one attached hydrogen (secondary N) is 1. The third-order valence-corrected chi connectivity index (χ3v) is 5.23. The standard InChI is InChI=1S/C21H20ClFN4O3/c1-30-16-7-2-13(3-8-16)19-25-26(21(29)27(19)15-5-6-15)11-10-24-20(28)17-9-4-14(23)12-18(17)22/h2-4,7-9,12,15H,5-6,10-11H2,1H3,(H,24,28). The van der Waals surface area contributed by atoms with Crippen LogP contribution in [0.3, 0.4) is 0 Å². The van der Waals surface area contributed by atoms with Crippen molar-refractivity contribution < 1.29 is 13.9 Å². The number of rotatable bonds is 7. The van der Waals surface area contributed by atoms with Crippen molar-refractivity contribution in [2.45, 2.75) is 25.4 Å². The van der Waals surface area contributed by atoms with Crippen molar-refractivity contribution in [2.24, 2.45) is 0 Å². The van der Waals surface area contributed by atoms with Crippen LogP contribution in [0.1, 0.15) is 29.2 Å². The van der Waals surface area contributed by atoms with Crippen LogP contribution in [0, 0.1) is 5.82 Å². The summed E-state index contributed by atoms with van der Waals surface area (Å²) in [4.78, 5) is 25.1. The number of carbonyl (C=O) groups is 1. The number of methoxy groups -OCH3 is 1. The van der Waals surface area contributed by atoms with Gasteiger partial charge in [0.2, 0.25) is 0 Å². The SMILES string of the molecule is COc1ccc(-c2nn(CCNC(=O)c3ccc(F)cc3Cl)c(=O)n2C2CC2)cc1. The van der Waals surface area contributed by atoms with E-state index >= 15 is 0 Å². The van der Waals surface area contributed by atoms with Gasteiger partial charge < -0.3 is 10.1 Å². The maximum absolute atomic E-state index is 13.1. The molecule has 0 atom stereocenters. The van der Waals surface area contributed by atoms with Crippen LogP contribution in [-0.2, 0) is 6.54 Å². The van der Waals surface area contributed by atoms with E-state index in [9.17, 15) is 14.0 Å². The smallest absolute Gasteiger partial charge is 0.346 e. The molecule has 7 nitrogen and oxygen atoms in total. The summed E-state index contributed by atoms with van der Waals surface area (Å²) in [5, 5.41) is 7.22. The minimum Gasteiger partial charge on any atom is -0.497 e. The Morgan fingerprint density at radius 3 is 2.63 bits per heavy atom. The highest BCUT2D eigenvalue weighted by molar-refractivity contribution is 6.33. The summed E-state index contributed by atoms with van der Waals surface area (Å²) in [6, 6.07) is 11.1. The molecule has 0 saturated heterocycles. The van der Waals surface area contributed by atoms with E-state index in [1.807, 2.05) is 24.3 Å². The predicted octanol–water partition coefficient (Wildman–Crippen LogP) is 3.28. The van der Waals surface area contributed by atoms with Crippen molar-refractivity contribution in [1.29, 1.82) is 0 Å². The molecule has 1 amide bonds. The molecule has 3 aromatic rings. The zero-order valence-corrected chi connectivity index (χ0v) is 17.0. The van der Waals surface area contributed by atoms with Crippen molar-refractivity contribution in [1.82, 2.24) is 19.7 Å². The zero-order chi connectivity index (χ0) is 21.3. The third kappa shape index (κ3) is 4.09. The van der Waals surface area contributed by atoms with Gasteiger partial charge in [-0.15, -0.1) is 5.10 Å². The average Bonchev–Trinajstić information content (AvgIpc) is 3.52. The van der Waals surface area contributed by atoms with E-state index in [0.29, 0.717) is 5.82 Å². The maximum Gasteiger partial charge on any atom is 0.346 e. The number of nitrogens with zero attached hydrogens (tertiary/aromatic N) is 3. The number of hydrogen-bond donors (Lipinski definition) is 1. The number of benzene rings is 2. The van der Waals surface area contributed by atoms with Gasteiger partial charge in [0, 0.05) is 18.2 Å². The first kappa shape index (κ1) is 20.2. The lowest BCUT2D eigenvalue weighted by Crippen LogP contribution is -2.32. The van der Waals surface area contributed by atoms with Gasteiger partial charge in [-0.05, 0) is 55.3 Å². The Morgan fingerprint density at radius 2 is 2.00 bits per heavy atom. The van der Waals surface area contributed by atoms with Gasteiger partial charge in [0.1, 0.15) is 11.6 Å². The molecule has 1 aromatic heterocycles. The fraction of sp³-hybridized carbons (Fsp3) is 0.286. The predicted molar refractivity (Wildman–Crippen MR) is 110 cm³/mol. The summed E-state index contributed by atoms with van der Waals surface area (Å²) >= 11 is 5.92. The summed E-state index contributed by atoms with van der Waals surface area (Å²) in [7, 11) is 1.59. The van der Waals surface area contributed by atoms with E-state index in [1.165, 1.54) is 16.8 Å².